The maximum absolute atomic E-state index is 15.7. The van der Waals surface area contributed by atoms with E-state index in [1.165, 1.54) is 18.0 Å². The molecule has 1 amide bonds. The van der Waals surface area contributed by atoms with Gasteiger partial charge in [-0.05, 0) is 30.5 Å². The summed E-state index contributed by atoms with van der Waals surface area (Å²) < 4.78 is 23.0. The highest BCUT2D eigenvalue weighted by Gasteiger charge is 2.46. The van der Waals surface area contributed by atoms with E-state index in [9.17, 15) is 4.79 Å². The lowest BCUT2D eigenvalue weighted by atomic mass is 9.98. The largest absolute Gasteiger partial charge is 0.382 e. The van der Waals surface area contributed by atoms with Crippen molar-refractivity contribution in [2.75, 3.05) is 50.0 Å². The van der Waals surface area contributed by atoms with Gasteiger partial charge in [-0.15, -0.1) is 0 Å². The van der Waals surface area contributed by atoms with E-state index < -0.39 is 5.54 Å². The molecule has 11 nitrogen and oxygen atoms in total. The van der Waals surface area contributed by atoms with Crippen LogP contribution in [-0.2, 0) is 22.6 Å². The van der Waals surface area contributed by atoms with Crippen molar-refractivity contribution in [3.63, 3.8) is 0 Å². The van der Waals surface area contributed by atoms with Gasteiger partial charge in [-0.1, -0.05) is 30.3 Å². The molecule has 3 aliphatic rings. The Morgan fingerprint density at radius 1 is 1.05 bits per heavy atom. The van der Waals surface area contributed by atoms with Crippen molar-refractivity contribution >= 4 is 28.6 Å². The predicted molar refractivity (Wildman–Crippen MR) is 161 cm³/mol. The Morgan fingerprint density at radius 2 is 1.86 bits per heavy atom. The molecule has 3 atom stereocenters. The summed E-state index contributed by atoms with van der Waals surface area (Å²) in [4.78, 5) is 30.7. The van der Waals surface area contributed by atoms with Crippen LogP contribution in [0.15, 0.2) is 55.1 Å². The van der Waals surface area contributed by atoms with Gasteiger partial charge in [0.25, 0.3) is 0 Å². The number of halogens is 1. The molecule has 2 aliphatic heterocycles. The van der Waals surface area contributed by atoms with Crippen LogP contribution >= 0.6 is 0 Å². The first-order valence-corrected chi connectivity index (χ1v) is 14.8. The molecule has 4 heterocycles. The molecular weight excluding hydrogens is 549 g/mol. The number of amides is 1. The minimum absolute atomic E-state index is 0.0924. The molecule has 2 aromatic carbocycles. The topological polar surface area (TPSA) is 140 Å². The first-order valence-electron chi connectivity index (χ1n) is 14.8. The number of nitrogens with two attached hydrogens (primary N) is 2. The Kier molecular flexibility index (Phi) is 7.20. The summed E-state index contributed by atoms with van der Waals surface area (Å²) in [6.45, 7) is 4.34. The minimum Gasteiger partial charge on any atom is -0.382 e. The second-order valence-corrected chi connectivity index (χ2v) is 11.9. The molecule has 0 unspecified atom stereocenters. The highest BCUT2D eigenvalue weighted by atomic mass is 19.1. The van der Waals surface area contributed by atoms with Gasteiger partial charge in [-0.3, -0.25) is 9.69 Å². The van der Waals surface area contributed by atoms with Crippen LogP contribution in [0.5, 0.6) is 0 Å². The van der Waals surface area contributed by atoms with Crippen molar-refractivity contribution in [2.45, 2.75) is 43.4 Å². The number of imidazole rings is 1. The van der Waals surface area contributed by atoms with Gasteiger partial charge in [0.05, 0.1) is 26.1 Å². The van der Waals surface area contributed by atoms with Crippen molar-refractivity contribution in [1.29, 1.82) is 0 Å². The molecule has 1 aliphatic carbocycles. The Morgan fingerprint density at radius 3 is 2.67 bits per heavy atom. The van der Waals surface area contributed by atoms with Crippen LogP contribution in [0.4, 0.5) is 15.9 Å². The third kappa shape index (κ3) is 5.41. The summed E-state index contributed by atoms with van der Waals surface area (Å²) in [5, 5.41) is 3.20. The van der Waals surface area contributed by atoms with E-state index in [1.54, 1.807) is 12.4 Å². The molecule has 0 bridgehead atoms. The van der Waals surface area contributed by atoms with E-state index in [0.29, 0.717) is 74.3 Å². The average Bonchev–Trinajstić information content (AvgIpc) is 3.47. The number of aromatic nitrogens is 4. The Labute approximate surface area is 249 Å². The molecule has 224 valence electrons. The number of rotatable bonds is 8. The fraction of sp³-hybridized carbons (Fsp3) is 0.419. The number of benzene rings is 2. The van der Waals surface area contributed by atoms with Crippen LogP contribution in [0.1, 0.15) is 35.4 Å². The SMILES string of the molecule is Nc1ncnc2c1ncn2Cc1c(N2CC[C@](N)(C(=O)N[C@H]3C[C@@H]3c3ccccc3)C2)ccc(F)c1CN1CCOCC1. The standard InChI is InChI=1S/C31H36FN9O2/c32-24-6-7-26(40-9-8-31(34,17-40)30(42)38-25-14-21(25)20-4-2-1-3-5-20)23(22(24)15-39-10-12-43-13-11-39)16-41-19-37-27-28(33)35-18-36-29(27)41/h1-7,18-19,21,25H,8-17,34H2,(H,38,42)(H2,33,35,36)/t21-,25+,31-/m1/s1. The Hall–Kier alpha value is -4.13. The first kappa shape index (κ1) is 27.7. The molecule has 1 saturated carbocycles. The zero-order chi connectivity index (χ0) is 29.6. The van der Waals surface area contributed by atoms with Gasteiger partial charge in [0.1, 0.15) is 23.2 Å². The van der Waals surface area contributed by atoms with Crippen molar-refractivity contribution in [2.24, 2.45) is 5.73 Å². The second-order valence-electron chi connectivity index (χ2n) is 11.9. The lowest BCUT2D eigenvalue weighted by Gasteiger charge is -2.30. The van der Waals surface area contributed by atoms with E-state index in [4.69, 9.17) is 16.2 Å². The molecular formula is C31H36FN9O2. The maximum atomic E-state index is 15.7. The van der Waals surface area contributed by atoms with Crippen LogP contribution in [0.3, 0.4) is 0 Å². The molecule has 7 rings (SSSR count). The number of hydrogen-bond donors (Lipinski definition) is 3. The summed E-state index contributed by atoms with van der Waals surface area (Å²) in [6, 6.07) is 13.6. The molecule has 3 fully saturated rings. The summed E-state index contributed by atoms with van der Waals surface area (Å²) in [5.74, 6) is 0.199. The molecule has 5 N–H and O–H groups in total. The van der Waals surface area contributed by atoms with E-state index in [2.05, 4.69) is 42.2 Å². The molecule has 2 aromatic heterocycles. The van der Waals surface area contributed by atoms with Crippen LogP contribution in [0.25, 0.3) is 11.2 Å². The average molecular weight is 586 g/mol. The highest BCUT2D eigenvalue weighted by Crippen LogP contribution is 2.41. The van der Waals surface area contributed by atoms with Crippen LogP contribution in [0.2, 0.25) is 0 Å². The number of carbonyl (C=O) groups excluding carboxylic acids is 1. The molecule has 43 heavy (non-hydrogen) atoms. The van der Waals surface area contributed by atoms with Crippen LogP contribution < -0.4 is 21.7 Å². The van der Waals surface area contributed by atoms with Crippen molar-refractivity contribution in [1.82, 2.24) is 29.7 Å². The van der Waals surface area contributed by atoms with Crippen LogP contribution in [0, 0.1) is 5.82 Å². The lowest BCUT2D eigenvalue weighted by molar-refractivity contribution is -0.125. The number of ether oxygens (including phenoxy) is 1. The quantitative estimate of drug-likeness (QED) is 0.283. The van der Waals surface area contributed by atoms with Gasteiger partial charge >= 0.3 is 0 Å². The molecule has 4 aromatic rings. The minimum atomic E-state index is -1.05. The number of nitrogen functional groups attached to an aromatic ring is 1. The van der Waals surface area contributed by atoms with E-state index in [0.717, 1.165) is 30.8 Å². The van der Waals surface area contributed by atoms with E-state index in [1.807, 2.05) is 22.8 Å². The summed E-state index contributed by atoms with van der Waals surface area (Å²) in [7, 11) is 0. The number of hydrogen-bond acceptors (Lipinski definition) is 9. The van der Waals surface area contributed by atoms with Crippen molar-refractivity contribution in [3.05, 3.63) is 77.6 Å². The van der Waals surface area contributed by atoms with Gasteiger partial charge in [-0.2, -0.15) is 0 Å². The maximum Gasteiger partial charge on any atom is 0.242 e. The third-order valence-electron chi connectivity index (χ3n) is 9.02. The summed E-state index contributed by atoms with van der Waals surface area (Å²) in [6.07, 6.45) is 4.47. The molecule has 0 radical (unpaired) electrons. The predicted octanol–water partition coefficient (Wildman–Crippen LogP) is 2.01. The molecule has 0 spiro atoms. The van der Waals surface area contributed by atoms with Gasteiger partial charge in [0, 0.05) is 61.5 Å². The monoisotopic (exact) mass is 585 g/mol. The zero-order valence-corrected chi connectivity index (χ0v) is 24.0. The number of anilines is 2. The number of morpholine rings is 1. The van der Waals surface area contributed by atoms with Gasteiger partial charge in [0.15, 0.2) is 11.5 Å². The normalized spacial score (nSPS) is 24.0. The van der Waals surface area contributed by atoms with E-state index >= 15 is 4.39 Å². The Bertz CT molecular complexity index is 1640. The van der Waals surface area contributed by atoms with E-state index in [-0.39, 0.29) is 17.8 Å². The molecule has 12 heteroatoms. The second kappa shape index (κ2) is 11.2. The smallest absolute Gasteiger partial charge is 0.242 e. The summed E-state index contributed by atoms with van der Waals surface area (Å²) in [5.41, 5.74) is 16.3. The zero-order valence-electron chi connectivity index (χ0n) is 24.0. The highest BCUT2D eigenvalue weighted by molar-refractivity contribution is 5.88. The fourth-order valence-electron chi connectivity index (χ4n) is 6.42. The number of carbonyl (C=O) groups is 1. The van der Waals surface area contributed by atoms with Gasteiger partial charge in [-0.25, -0.2) is 19.3 Å². The third-order valence-corrected chi connectivity index (χ3v) is 9.02. The lowest BCUT2D eigenvalue weighted by Crippen LogP contribution is -2.56. The fourth-order valence-corrected chi connectivity index (χ4v) is 6.42. The van der Waals surface area contributed by atoms with Crippen LogP contribution in [-0.4, -0.2) is 81.3 Å². The number of nitrogens with zero attached hydrogens (tertiary/aromatic N) is 6. The van der Waals surface area contributed by atoms with Gasteiger partial charge < -0.3 is 31.0 Å². The first-order chi connectivity index (χ1) is 20.9. The Balaban J connectivity index is 1.16. The van der Waals surface area contributed by atoms with Crippen molar-refractivity contribution < 1.29 is 13.9 Å². The number of fused-ring (bicyclic) bond motifs is 1. The van der Waals surface area contributed by atoms with Gasteiger partial charge in [0.2, 0.25) is 5.91 Å². The summed E-state index contributed by atoms with van der Waals surface area (Å²) >= 11 is 0. The van der Waals surface area contributed by atoms with Crippen molar-refractivity contribution in [3.8, 4) is 0 Å². The number of nitrogens with one attached hydrogen (secondary N) is 1. The molecule has 2 saturated heterocycles.